The molecule has 4 atom stereocenters. The molecule has 0 spiro atoms. The van der Waals surface area contributed by atoms with Crippen molar-refractivity contribution in [1.29, 1.82) is 0 Å². The van der Waals surface area contributed by atoms with E-state index < -0.39 is 35.9 Å². The Kier molecular flexibility index (Phi) is 9.45. The lowest BCUT2D eigenvalue weighted by molar-refractivity contribution is -0.138. The van der Waals surface area contributed by atoms with Gasteiger partial charge in [-0.3, -0.25) is 9.59 Å². The molecule has 10 heteroatoms. The van der Waals surface area contributed by atoms with Crippen molar-refractivity contribution in [1.82, 2.24) is 10.2 Å². The second-order valence-corrected chi connectivity index (χ2v) is 11.3. The first-order valence-corrected chi connectivity index (χ1v) is 14.7. The minimum Gasteiger partial charge on any atom is -0.493 e. The maximum Gasteiger partial charge on any atom is 0.247 e. The highest BCUT2D eigenvalue weighted by Crippen LogP contribution is 2.51. The van der Waals surface area contributed by atoms with E-state index in [1.807, 2.05) is 0 Å². The molecule has 0 radical (unpaired) electrons. The standard InChI is InChI=1S/C32H39FN2O7/c1-41-26-15-20(18-37)14-22-28-23(32(40)34-12-13-36)16-25(29(39)31(28)42-30(22)26)35(17-21-8-4-5-9-24(21)33)27(38)11-10-19-6-2-3-7-19/h4-5,8-9,14-16,19,25,28-29,31,36-37,39H,2-3,6-7,10-13,17-18H2,1H3,(H,34,40). The number of methoxy groups -OCH3 is 1. The zero-order valence-electron chi connectivity index (χ0n) is 23.8. The second-order valence-electron chi connectivity index (χ2n) is 11.3. The van der Waals surface area contributed by atoms with Crippen LogP contribution in [0.4, 0.5) is 4.39 Å². The van der Waals surface area contributed by atoms with Crippen molar-refractivity contribution >= 4 is 11.8 Å². The zero-order valence-corrected chi connectivity index (χ0v) is 23.8. The summed E-state index contributed by atoms with van der Waals surface area (Å²) in [6, 6.07) is 8.56. The third-order valence-electron chi connectivity index (χ3n) is 8.71. The fourth-order valence-corrected chi connectivity index (χ4v) is 6.56. The van der Waals surface area contributed by atoms with Gasteiger partial charge in [-0.2, -0.15) is 0 Å². The summed E-state index contributed by atoms with van der Waals surface area (Å²) in [5.74, 6) is -0.765. The molecule has 2 amide bonds. The number of amides is 2. The summed E-state index contributed by atoms with van der Waals surface area (Å²) in [5, 5.41) is 33.7. The Morgan fingerprint density at radius 3 is 2.62 bits per heavy atom. The van der Waals surface area contributed by atoms with Gasteiger partial charge in [-0.1, -0.05) is 43.9 Å². The van der Waals surface area contributed by atoms with Crippen molar-refractivity contribution in [3.8, 4) is 11.5 Å². The minimum absolute atomic E-state index is 0.00769. The number of ether oxygens (including phenoxy) is 2. The van der Waals surface area contributed by atoms with Crippen LogP contribution in [0.3, 0.4) is 0 Å². The number of nitrogens with zero attached hydrogens (tertiary/aromatic N) is 1. The number of benzene rings is 2. The molecule has 0 bridgehead atoms. The van der Waals surface area contributed by atoms with Gasteiger partial charge >= 0.3 is 0 Å². The number of hydrogen-bond donors (Lipinski definition) is 4. The van der Waals surface area contributed by atoms with E-state index in [4.69, 9.17) is 9.47 Å². The number of aliphatic hydroxyl groups excluding tert-OH is 3. The smallest absolute Gasteiger partial charge is 0.247 e. The highest BCUT2D eigenvalue weighted by molar-refractivity contribution is 5.96. The number of hydrogen-bond acceptors (Lipinski definition) is 7. The molecule has 0 saturated heterocycles. The molecule has 2 aliphatic carbocycles. The Morgan fingerprint density at radius 1 is 1.17 bits per heavy atom. The van der Waals surface area contributed by atoms with Crippen molar-refractivity contribution in [2.45, 2.75) is 75.8 Å². The summed E-state index contributed by atoms with van der Waals surface area (Å²) in [7, 11) is 1.46. The molecule has 9 nitrogen and oxygen atoms in total. The monoisotopic (exact) mass is 582 g/mol. The van der Waals surface area contributed by atoms with Gasteiger partial charge in [-0.25, -0.2) is 4.39 Å². The number of fused-ring (bicyclic) bond motifs is 3. The Labute approximate surface area is 244 Å². The van der Waals surface area contributed by atoms with Crippen LogP contribution in [-0.4, -0.2) is 70.5 Å². The summed E-state index contributed by atoms with van der Waals surface area (Å²) >= 11 is 0. The second kappa shape index (κ2) is 13.2. The summed E-state index contributed by atoms with van der Waals surface area (Å²) in [5.41, 5.74) is 1.66. The van der Waals surface area contributed by atoms with Crippen molar-refractivity contribution in [2.75, 3.05) is 20.3 Å². The molecular formula is C32H39FN2O7. The largest absolute Gasteiger partial charge is 0.493 e. The highest BCUT2D eigenvalue weighted by Gasteiger charge is 2.51. The average Bonchev–Trinajstić information content (AvgIpc) is 3.67. The third kappa shape index (κ3) is 6.02. The van der Waals surface area contributed by atoms with Gasteiger partial charge in [0.15, 0.2) is 11.5 Å². The first kappa shape index (κ1) is 30.0. The molecule has 2 aromatic rings. The molecule has 0 aromatic heterocycles. The van der Waals surface area contributed by atoms with Crippen LogP contribution < -0.4 is 14.8 Å². The first-order valence-electron chi connectivity index (χ1n) is 14.7. The molecule has 5 rings (SSSR count). The van der Waals surface area contributed by atoms with Crippen LogP contribution in [0.1, 0.15) is 61.1 Å². The Morgan fingerprint density at radius 2 is 1.93 bits per heavy atom. The van der Waals surface area contributed by atoms with Gasteiger partial charge in [0.05, 0.1) is 32.3 Å². The van der Waals surface area contributed by atoms with E-state index in [9.17, 15) is 29.3 Å². The molecule has 4 N–H and O–H groups in total. The number of nitrogens with one attached hydrogen (secondary N) is 1. The van der Waals surface area contributed by atoms with Crippen LogP contribution in [0, 0.1) is 11.7 Å². The molecule has 1 heterocycles. The van der Waals surface area contributed by atoms with Crippen molar-refractivity contribution in [3.05, 3.63) is 70.6 Å². The summed E-state index contributed by atoms with van der Waals surface area (Å²) in [4.78, 5) is 28.8. The van der Waals surface area contributed by atoms with Gasteiger partial charge in [-0.05, 0) is 42.2 Å². The zero-order chi connectivity index (χ0) is 29.8. The van der Waals surface area contributed by atoms with E-state index in [1.54, 1.807) is 36.4 Å². The lowest BCUT2D eigenvalue weighted by atomic mass is 9.77. The van der Waals surface area contributed by atoms with Gasteiger partial charge < -0.3 is 35.0 Å². The lowest BCUT2D eigenvalue weighted by Crippen LogP contribution is -2.55. The topological polar surface area (TPSA) is 129 Å². The average molecular weight is 583 g/mol. The van der Waals surface area contributed by atoms with Crippen molar-refractivity contribution < 1.29 is 38.8 Å². The van der Waals surface area contributed by atoms with E-state index in [0.29, 0.717) is 40.5 Å². The molecule has 1 fully saturated rings. The van der Waals surface area contributed by atoms with E-state index in [-0.39, 0.29) is 44.2 Å². The van der Waals surface area contributed by atoms with E-state index >= 15 is 0 Å². The van der Waals surface area contributed by atoms with Crippen LogP contribution in [0.5, 0.6) is 11.5 Å². The van der Waals surface area contributed by atoms with Crippen LogP contribution in [0.15, 0.2) is 48.0 Å². The minimum atomic E-state index is -1.26. The van der Waals surface area contributed by atoms with Crippen molar-refractivity contribution in [3.63, 3.8) is 0 Å². The number of rotatable bonds is 11. The lowest BCUT2D eigenvalue weighted by Gasteiger charge is -2.41. The predicted molar refractivity (Wildman–Crippen MR) is 152 cm³/mol. The number of carbonyl (C=O) groups is 2. The van der Waals surface area contributed by atoms with Gasteiger partial charge in [0, 0.05) is 36.2 Å². The molecule has 3 aliphatic rings. The normalized spacial score (nSPS) is 23.0. The van der Waals surface area contributed by atoms with Gasteiger partial charge in [0.2, 0.25) is 11.8 Å². The van der Waals surface area contributed by atoms with Gasteiger partial charge in [-0.15, -0.1) is 0 Å². The molecule has 1 saturated carbocycles. The summed E-state index contributed by atoms with van der Waals surface area (Å²) in [6.07, 6.45) is 4.75. The molecule has 2 aromatic carbocycles. The predicted octanol–water partition coefficient (Wildman–Crippen LogP) is 2.95. The molecule has 4 unspecified atom stereocenters. The van der Waals surface area contributed by atoms with E-state index in [2.05, 4.69) is 5.32 Å². The third-order valence-corrected chi connectivity index (χ3v) is 8.71. The summed E-state index contributed by atoms with van der Waals surface area (Å²) in [6.45, 7) is -0.627. The number of aliphatic hydroxyl groups is 3. The maximum atomic E-state index is 14.8. The fourth-order valence-electron chi connectivity index (χ4n) is 6.56. The Balaban J connectivity index is 1.55. The highest BCUT2D eigenvalue weighted by atomic mass is 19.1. The van der Waals surface area contributed by atoms with Gasteiger partial charge in [0.25, 0.3) is 0 Å². The molecule has 1 aliphatic heterocycles. The van der Waals surface area contributed by atoms with E-state index in [0.717, 1.165) is 25.7 Å². The number of carbonyl (C=O) groups excluding carboxylic acids is 2. The van der Waals surface area contributed by atoms with E-state index in [1.165, 1.54) is 18.1 Å². The first-order chi connectivity index (χ1) is 20.4. The molecule has 226 valence electrons. The van der Waals surface area contributed by atoms with Crippen LogP contribution in [0.25, 0.3) is 0 Å². The Bertz CT molecular complexity index is 1330. The fraction of sp³-hybridized carbons (Fsp3) is 0.500. The summed E-state index contributed by atoms with van der Waals surface area (Å²) < 4.78 is 26.6. The number of halogens is 1. The van der Waals surface area contributed by atoms with Crippen LogP contribution in [-0.2, 0) is 22.7 Å². The molecule has 42 heavy (non-hydrogen) atoms. The van der Waals surface area contributed by atoms with Crippen LogP contribution in [0.2, 0.25) is 0 Å². The quantitative estimate of drug-likeness (QED) is 0.321. The SMILES string of the molecule is COc1cc(CO)cc2c1OC1C2C(C(=O)NCCO)=CC(N(Cc2ccccc2F)C(=O)CCC2CCCC2)C1O. The van der Waals surface area contributed by atoms with Gasteiger partial charge in [0.1, 0.15) is 18.0 Å². The maximum absolute atomic E-state index is 14.8. The molecular weight excluding hydrogens is 543 g/mol. The van der Waals surface area contributed by atoms with Crippen molar-refractivity contribution in [2.24, 2.45) is 5.92 Å². The van der Waals surface area contributed by atoms with Crippen LogP contribution >= 0.6 is 0 Å². The Hall–Kier alpha value is -3.47.